The molecule has 1 aromatic rings. The van der Waals surface area contributed by atoms with E-state index in [9.17, 15) is 9.59 Å². The summed E-state index contributed by atoms with van der Waals surface area (Å²) < 4.78 is 0. The van der Waals surface area contributed by atoms with E-state index in [1.807, 2.05) is 19.1 Å². The van der Waals surface area contributed by atoms with Crippen LogP contribution in [-0.2, 0) is 4.79 Å². The van der Waals surface area contributed by atoms with Crippen LogP contribution in [0.5, 0.6) is 0 Å². The Morgan fingerprint density at radius 2 is 2.11 bits per heavy atom. The van der Waals surface area contributed by atoms with E-state index in [-0.39, 0.29) is 25.4 Å². The summed E-state index contributed by atoms with van der Waals surface area (Å²) >= 11 is 0. The predicted molar refractivity (Wildman–Crippen MR) is 73.3 cm³/mol. The summed E-state index contributed by atoms with van der Waals surface area (Å²) in [6, 6.07) is 5.36. The number of benzene rings is 1. The van der Waals surface area contributed by atoms with Crippen LogP contribution in [0, 0.1) is 18.8 Å². The molecule has 19 heavy (non-hydrogen) atoms. The lowest BCUT2D eigenvalue weighted by Gasteiger charge is -2.07. The Hall–Kier alpha value is -2.32. The molecule has 100 valence electrons. The van der Waals surface area contributed by atoms with Gasteiger partial charge in [0, 0.05) is 24.1 Å². The van der Waals surface area contributed by atoms with Crippen LogP contribution in [0.25, 0.3) is 0 Å². The van der Waals surface area contributed by atoms with Gasteiger partial charge in [-0.1, -0.05) is 17.9 Å². The molecule has 0 aliphatic heterocycles. The highest BCUT2D eigenvalue weighted by atomic mass is 16.2. The van der Waals surface area contributed by atoms with Crippen LogP contribution in [0.2, 0.25) is 0 Å². The molecule has 0 heterocycles. The number of nitrogens with one attached hydrogen (secondary N) is 1. The number of primary amides is 1. The van der Waals surface area contributed by atoms with E-state index in [1.165, 1.54) is 0 Å². The zero-order chi connectivity index (χ0) is 14.3. The minimum absolute atomic E-state index is 0.122. The first kappa shape index (κ1) is 14.7. The number of nitrogens with two attached hydrogens (primary N) is 2. The Morgan fingerprint density at radius 1 is 1.37 bits per heavy atom. The van der Waals surface area contributed by atoms with E-state index in [1.54, 1.807) is 6.07 Å². The van der Waals surface area contributed by atoms with Gasteiger partial charge in [0.1, 0.15) is 0 Å². The van der Waals surface area contributed by atoms with Crippen LogP contribution in [0.1, 0.15) is 27.9 Å². The lowest BCUT2D eigenvalue weighted by molar-refractivity contribution is -0.117. The van der Waals surface area contributed by atoms with Crippen molar-refractivity contribution in [1.82, 2.24) is 5.32 Å². The van der Waals surface area contributed by atoms with Crippen molar-refractivity contribution in [2.45, 2.75) is 13.3 Å². The van der Waals surface area contributed by atoms with Crippen molar-refractivity contribution in [2.75, 3.05) is 13.1 Å². The van der Waals surface area contributed by atoms with Crippen molar-refractivity contribution in [1.29, 1.82) is 0 Å². The van der Waals surface area contributed by atoms with Gasteiger partial charge in [0.15, 0.2) is 0 Å². The molecular formula is C14H17N3O2. The first-order chi connectivity index (χ1) is 9.04. The molecule has 0 spiro atoms. The fraction of sp³-hybridized carbons (Fsp3) is 0.286. The molecule has 0 saturated heterocycles. The first-order valence-corrected chi connectivity index (χ1v) is 5.90. The molecular weight excluding hydrogens is 242 g/mol. The Bertz CT molecular complexity index is 541. The van der Waals surface area contributed by atoms with E-state index in [0.29, 0.717) is 5.56 Å². The number of aryl methyl sites for hydroxylation is 1. The number of carbonyl (C=O) groups is 2. The third kappa shape index (κ3) is 4.82. The van der Waals surface area contributed by atoms with E-state index >= 15 is 0 Å². The summed E-state index contributed by atoms with van der Waals surface area (Å²) in [6.07, 6.45) is 0.122. The average molecular weight is 259 g/mol. The molecule has 0 radical (unpaired) electrons. The molecule has 0 unspecified atom stereocenters. The molecule has 0 aliphatic carbocycles. The second-order valence-electron chi connectivity index (χ2n) is 4.01. The molecule has 0 bridgehead atoms. The third-order valence-corrected chi connectivity index (χ3v) is 2.47. The summed E-state index contributed by atoms with van der Waals surface area (Å²) in [5, 5.41) is 2.64. The van der Waals surface area contributed by atoms with Gasteiger partial charge in [0.2, 0.25) is 5.91 Å². The predicted octanol–water partition coefficient (Wildman–Crippen LogP) is -0.0896. The van der Waals surface area contributed by atoms with Crippen molar-refractivity contribution < 1.29 is 9.59 Å². The minimum Gasteiger partial charge on any atom is -0.370 e. The van der Waals surface area contributed by atoms with Gasteiger partial charge in [-0.3, -0.25) is 9.59 Å². The van der Waals surface area contributed by atoms with E-state index in [2.05, 4.69) is 17.2 Å². The molecule has 0 aliphatic rings. The van der Waals surface area contributed by atoms with Gasteiger partial charge in [-0.2, -0.15) is 0 Å². The van der Waals surface area contributed by atoms with Crippen LogP contribution in [0.15, 0.2) is 18.2 Å². The van der Waals surface area contributed by atoms with Gasteiger partial charge in [0.05, 0.1) is 6.54 Å². The van der Waals surface area contributed by atoms with Crippen molar-refractivity contribution >= 4 is 11.8 Å². The van der Waals surface area contributed by atoms with Crippen LogP contribution < -0.4 is 16.8 Å². The molecule has 0 atom stereocenters. The number of rotatable bonds is 4. The van der Waals surface area contributed by atoms with Gasteiger partial charge in [-0.15, -0.1) is 0 Å². The van der Waals surface area contributed by atoms with Crippen LogP contribution in [0.3, 0.4) is 0 Å². The maximum absolute atomic E-state index is 11.9. The quantitative estimate of drug-likeness (QED) is 0.659. The van der Waals surface area contributed by atoms with Gasteiger partial charge < -0.3 is 16.8 Å². The number of amides is 2. The van der Waals surface area contributed by atoms with Gasteiger partial charge in [0.25, 0.3) is 5.91 Å². The molecule has 5 heteroatoms. The summed E-state index contributed by atoms with van der Waals surface area (Å²) in [4.78, 5) is 22.5. The van der Waals surface area contributed by atoms with Crippen LogP contribution in [-0.4, -0.2) is 24.9 Å². The Labute approximate surface area is 112 Å². The molecule has 2 amide bonds. The topological polar surface area (TPSA) is 98.2 Å². The normalized spacial score (nSPS) is 9.37. The van der Waals surface area contributed by atoms with Crippen LogP contribution >= 0.6 is 0 Å². The Balaban J connectivity index is 2.80. The highest BCUT2D eigenvalue weighted by Crippen LogP contribution is 2.10. The fourth-order valence-corrected chi connectivity index (χ4v) is 1.49. The standard InChI is InChI=1S/C14H17N3O2/c1-10-4-5-11(3-2-7-15)9-12(10)14(19)17-8-6-13(16)18/h4-5,9H,6-8,15H2,1H3,(H2,16,18)(H,17,19). The fourth-order valence-electron chi connectivity index (χ4n) is 1.49. The molecule has 5 N–H and O–H groups in total. The molecule has 0 aromatic heterocycles. The van der Waals surface area contributed by atoms with Crippen molar-refractivity contribution in [3.05, 3.63) is 34.9 Å². The zero-order valence-corrected chi connectivity index (χ0v) is 10.8. The van der Waals surface area contributed by atoms with Gasteiger partial charge in [-0.05, 0) is 24.6 Å². The lowest BCUT2D eigenvalue weighted by Crippen LogP contribution is -2.28. The van der Waals surface area contributed by atoms with E-state index < -0.39 is 5.91 Å². The van der Waals surface area contributed by atoms with Crippen molar-refractivity contribution in [2.24, 2.45) is 11.5 Å². The van der Waals surface area contributed by atoms with E-state index in [4.69, 9.17) is 11.5 Å². The minimum atomic E-state index is -0.445. The highest BCUT2D eigenvalue weighted by molar-refractivity contribution is 5.96. The Kier molecular flexibility index (Phi) is 5.58. The summed E-state index contributed by atoms with van der Waals surface area (Å²) in [5.74, 6) is 4.92. The number of carbonyl (C=O) groups excluding carboxylic acids is 2. The highest BCUT2D eigenvalue weighted by Gasteiger charge is 2.09. The first-order valence-electron chi connectivity index (χ1n) is 5.90. The maximum Gasteiger partial charge on any atom is 0.251 e. The molecule has 0 saturated carbocycles. The van der Waals surface area contributed by atoms with E-state index in [0.717, 1.165) is 11.1 Å². The molecule has 1 rings (SSSR count). The average Bonchev–Trinajstić information content (AvgIpc) is 2.37. The number of hydrogen-bond donors (Lipinski definition) is 3. The van der Waals surface area contributed by atoms with Crippen molar-refractivity contribution in [3.8, 4) is 11.8 Å². The van der Waals surface area contributed by atoms with Gasteiger partial charge in [-0.25, -0.2) is 0 Å². The third-order valence-electron chi connectivity index (χ3n) is 2.47. The second kappa shape index (κ2) is 7.19. The van der Waals surface area contributed by atoms with Crippen LogP contribution in [0.4, 0.5) is 0 Å². The molecule has 0 fully saturated rings. The SMILES string of the molecule is Cc1ccc(C#CCN)cc1C(=O)NCCC(N)=O. The monoisotopic (exact) mass is 259 g/mol. The zero-order valence-electron chi connectivity index (χ0n) is 10.8. The Morgan fingerprint density at radius 3 is 2.74 bits per heavy atom. The summed E-state index contributed by atoms with van der Waals surface area (Å²) in [6.45, 7) is 2.34. The van der Waals surface area contributed by atoms with Crippen molar-refractivity contribution in [3.63, 3.8) is 0 Å². The summed E-state index contributed by atoms with van der Waals surface area (Å²) in [5.41, 5.74) is 12.4. The van der Waals surface area contributed by atoms with Gasteiger partial charge >= 0.3 is 0 Å². The molecule has 5 nitrogen and oxygen atoms in total. The smallest absolute Gasteiger partial charge is 0.251 e. The molecule has 1 aromatic carbocycles. The largest absolute Gasteiger partial charge is 0.370 e. The number of hydrogen-bond acceptors (Lipinski definition) is 3. The maximum atomic E-state index is 11.9. The summed E-state index contributed by atoms with van der Waals surface area (Å²) in [7, 11) is 0. The second-order valence-corrected chi connectivity index (χ2v) is 4.01. The lowest BCUT2D eigenvalue weighted by atomic mass is 10.0.